The molecule has 1 atom stereocenters. The highest BCUT2D eigenvalue weighted by Gasteiger charge is 1.97. The number of rotatable bonds is 4. The van der Waals surface area contributed by atoms with Crippen LogP contribution in [0.3, 0.4) is 0 Å². The number of nitrogens with two attached hydrogens (primary N) is 1. The molecule has 0 aliphatic rings. The number of hydrogen-bond donors (Lipinski definition) is 2. The monoisotopic (exact) mass is 116 g/mol. The van der Waals surface area contributed by atoms with Gasteiger partial charge < -0.3 is 10.8 Å². The van der Waals surface area contributed by atoms with E-state index >= 15 is 0 Å². The van der Waals surface area contributed by atoms with E-state index < -0.39 is 0 Å². The Kier molecular flexibility index (Phi) is 5.01. The summed E-state index contributed by atoms with van der Waals surface area (Å²) in [6.45, 7) is 4.18. The molecular formula is C6H14NO. The third-order valence-electron chi connectivity index (χ3n) is 1.04. The minimum absolute atomic E-state index is 0.225. The average molecular weight is 116 g/mol. The van der Waals surface area contributed by atoms with Crippen LogP contribution in [0, 0.1) is 6.92 Å². The molecule has 0 heterocycles. The predicted molar refractivity (Wildman–Crippen MR) is 34.3 cm³/mol. The van der Waals surface area contributed by atoms with Crippen molar-refractivity contribution in [3.05, 3.63) is 6.92 Å². The molecule has 0 aromatic carbocycles. The Hall–Kier alpha value is -0.0800. The summed E-state index contributed by atoms with van der Waals surface area (Å²) in [7, 11) is 0. The quantitative estimate of drug-likeness (QED) is 0.555. The van der Waals surface area contributed by atoms with Crippen LogP contribution in [-0.2, 0) is 0 Å². The molecule has 3 N–H and O–H groups in total. The van der Waals surface area contributed by atoms with Crippen LogP contribution in [0.1, 0.15) is 19.3 Å². The summed E-state index contributed by atoms with van der Waals surface area (Å²) in [5.41, 5.74) is 5.18. The zero-order valence-electron chi connectivity index (χ0n) is 5.14. The molecule has 1 radical (unpaired) electrons. The number of aliphatic hydroxyl groups is 1. The Morgan fingerprint density at radius 1 is 1.50 bits per heavy atom. The fourth-order valence-corrected chi connectivity index (χ4v) is 0.572. The normalized spacial score (nSPS) is 13.9. The third kappa shape index (κ3) is 4.09. The van der Waals surface area contributed by atoms with Crippen LogP contribution in [0.15, 0.2) is 0 Å². The molecule has 49 valence electrons. The van der Waals surface area contributed by atoms with Gasteiger partial charge in [-0.05, 0) is 19.4 Å². The van der Waals surface area contributed by atoms with E-state index in [0.29, 0.717) is 13.0 Å². The van der Waals surface area contributed by atoms with Crippen LogP contribution in [0.5, 0.6) is 0 Å². The van der Waals surface area contributed by atoms with Crippen molar-refractivity contribution in [2.75, 3.05) is 6.54 Å². The maximum Gasteiger partial charge on any atom is 0.0552 e. The van der Waals surface area contributed by atoms with Gasteiger partial charge in [-0.2, -0.15) is 0 Å². The van der Waals surface area contributed by atoms with Crippen LogP contribution >= 0.6 is 0 Å². The van der Waals surface area contributed by atoms with E-state index in [4.69, 9.17) is 10.8 Å². The maximum absolute atomic E-state index is 8.93. The van der Waals surface area contributed by atoms with Crippen molar-refractivity contribution >= 4 is 0 Å². The lowest BCUT2D eigenvalue weighted by molar-refractivity contribution is 0.158. The summed E-state index contributed by atoms with van der Waals surface area (Å²) in [5.74, 6) is 0. The Balaban J connectivity index is 2.92. The molecule has 0 fully saturated rings. The Bertz CT molecular complexity index is 41.8. The van der Waals surface area contributed by atoms with Crippen molar-refractivity contribution in [3.63, 3.8) is 0 Å². The first-order chi connectivity index (χ1) is 3.81. The SMILES string of the molecule is [CH2]CCC(O)CCN. The summed E-state index contributed by atoms with van der Waals surface area (Å²) in [6.07, 6.45) is 2.05. The molecule has 2 nitrogen and oxygen atoms in total. The molecule has 0 aromatic rings. The molecule has 8 heavy (non-hydrogen) atoms. The van der Waals surface area contributed by atoms with Gasteiger partial charge >= 0.3 is 0 Å². The molecule has 2 heteroatoms. The molecule has 0 saturated heterocycles. The first kappa shape index (κ1) is 7.92. The van der Waals surface area contributed by atoms with Gasteiger partial charge in [0, 0.05) is 0 Å². The highest BCUT2D eigenvalue weighted by Crippen LogP contribution is 1.97. The van der Waals surface area contributed by atoms with Gasteiger partial charge in [0.1, 0.15) is 0 Å². The second-order valence-electron chi connectivity index (χ2n) is 1.87. The predicted octanol–water partition coefficient (Wildman–Crippen LogP) is 0.310. The minimum Gasteiger partial charge on any atom is -0.393 e. The molecule has 0 rings (SSSR count). The first-order valence-corrected chi connectivity index (χ1v) is 2.98. The molecule has 0 spiro atoms. The van der Waals surface area contributed by atoms with Crippen molar-refractivity contribution in [2.24, 2.45) is 5.73 Å². The van der Waals surface area contributed by atoms with E-state index in [0.717, 1.165) is 12.8 Å². The van der Waals surface area contributed by atoms with Crippen LogP contribution in [0.2, 0.25) is 0 Å². The summed E-state index contributed by atoms with van der Waals surface area (Å²) in [6, 6.07) is 0. The van der Waals surface area contributed by atoms with Crippen molar-refractivity contribution in [1.82, 2.24) is 0 Å². The van der Waals surface area contributed by atoms with Gasteiger partial charge in [-0.15, -0.1) is 0 Å². The van der Waals surface area contributed by atoms with Crippen molar-refractivity contribution in [2.45, 2.75) is 25.4 Å². The van der Waals surface area contributed by atoms with Crippen LogP contribution in [0.4, 0.5) is 0 Å². The molecule has 0 amide bonds. The van der Waals surface area contributed by atoms with Gasteiger partial charge in [0.05, 0.1) is 6.10 Å². The summed E-state index contributed by atoms with van der Waals surface area (Å²) in [4.78, 5) is 0. The zero-order chi connectivity index (χ0) is 6.41. The van der Waals surface area contributed by atoms with Crippen molar-refractivity contribution in [1.29, 1.82) is 0 Å². The first-order valence-electron chi connectivity index (χ1n) is 2.98. The van der Waals surface area contributed by atoms with E-state index in [-0.39, 0.29) is 6.10 Å². The van der Waals surface area contributed by atoms with E-state index in [9.17, 15) is 0 Å². The molecule has 0 bridgehead atoms. The largest absolute Gasteiger partial charge is 0.393 e. The van der Waals surface area contributed by atoms with Gasteiger partial charge in [-0.1, -0.05) is 13.3 Å². The van der Waals surface area contributed by atoms with Crippen molar-refractivity contribution in [3.8, 4) is 0 Å². The Labute approximate surface area is 50.7 Å². The van der Waals surface area contributed by atoms with Gasteiger partial charge in [0.25, 0.3) is 0 Å². The number of aliphatic hydroxyl groups excluding tert-OH is 1. The molecule has 0 saturated carbocycles. The second-order valence-corrected chi connectivity index (χ2v) is 1.87. The topological polar surface area (TPSA) is 46.2 Å². The van der Waals surface area contributed by atoms with Gasteiger partial charge in [-0.25, -0.2) is 0 Å². The fourth-order valence-electron chi connectivity index (χ4n) is 0.572. The smallest absolute Gasteiger partial charge is 0.0552 e. The van der Waals surface area contributed by atoms with Crippen LogP contribution in [0.25, 0.3) is 0 Å². The Morgan fingerprint density at radius 3 is 2.50 bits per heavy atom. The van der Waals surface area contributed by atoms with Gasteiger partial charge in [0.15, 0.2) is 0 Å². The molecular weight excluding hydrogens is 102 g/mol. The zero-order valence-corrected chi connectivity index (χ0v) is 5.14. The highest BCUT2D eigenvalue weighted by molar-refractivity contribution is 4.55. The summed E-state index contributed by atoms with van der Waals surface area (Å²) < 4.78 is 0. The highest BCUT2D eigenvalue weighted by atomic mass is 16.3. The van der Waals surface area contributed by atoms with Gasteiger partial charge in [0.2, 0.25) is 0 Å². The minimum atomic E-state index is -0.225. The Morgan fingerprint density at radius 2 is 2.12 bits per heavy atom. The summed E-state index contributed by atoms with van der Waals surface area (Å²) >= 11 is 0. The molecule has 1 unspecified atom stereocenters. The van der Waals surface area contributed by atoms with Crippen molar-refractivity contribution < 1.29 is 5.11 Å². The molecule has 0 aromatic heterocycles. The lowest BCUT2D eigenvalue weighted by Crippen LogP contribution is -2.12. The third-order valence-corrected chi connectivity index (χ3v) is 1.04. The van der Waals surface area contributed by atoms with E-state index in [1.807, 2.05) is 0 Å². The fraction of sp³-hybridized carbons (Fsp3) is 0.833. The molecule has 0 aliphatic carbocycles. The lowest BCUT2D eigenvalue weighted by atomic mass is 10.1. The maximum atomic E-state index is 8.93. The summed E-state index contributed by atoms with van der Waals surface area (Å²) in [5, 5.41) is 8.93. The van der Waals surface area contributed by atoms with Crippen LogP contribution in [-0.4, -0.2) is 17.8 Å². The number of hydrogen-bond acceptors (Lipinski definition) is 2. The molecule has 0 aliphatic heterocycles. The average Bonchev–Trinajstić information content (AvgIpc) is 1.68. The van der Waals surface area contributed by atoms with Crippen LogP contribution < -0.4 is 5.73 Å². The van der Waals surface area contributed by atoms with E-state index in [1.165, 1.54) is 0 Å². The standard InChI is InChI=1S/C6H14NO/c1-2-3-6(8)4-5-7/h6,8H,1-5,7H2. The van der Waals surface area contributed by atoms with E-state index in [2.05, 4.69) is 6.92 Å². The van der Waals surface area contributed by atoms with Gasteiger partial charge in [-0.3, -0.25) is 0 Å². The second kappa shape index (κ2) is 5.06. The lowest BCUT2D eigenvalue weighted by Gasteiger charge is -2.04. The van der Waals surface area contributed by atoms with E-state index in [1.54, 1.807) is 0 Å².